The van der Waals surface area contributed by atoms with Crippen molar-refractivity contribution in [2.45, 2.75) is 22.1 Å². The molecule has 0 aromatic heterocycles. The lowest BCUT2D eigenvalue weighted by atomic mass is 10.2. The zero-order valence-electron chi connectivity index (χ0n) is 12.5. The van der Waals surface area contributed by atoms with Gasteiger partial charge in [-0.25, -0.2) is 16.8 Å². The molecular formula is C13H17F3N2O4S2. The normalized spacial score (nSPS) is 21.4. The first-order valence-corrected chi connectivity index (χ1v) is 10.3. The number of nitrogens with one attached hydrogen (secondary N) is 2. The number of benzene rings is 1. The number of alkyl halides is 3. The number of hydrogen-bond donors (Lipinski definition) is 2. The van der Waals surface area contributed by atoms with Crippen molar-refractivity contribution in [2.75, 3.05) is 30.7 Å². The van der Waals surface area contributed by atoms with Crippen molar-refractivity contribution < 1.29 is 30.0 Å². The molecule has 1 unspecified atom stereocenters. The van der Waals surface area contributed by atoms with Crippen LogP contribution in [-0.4, -0.2) is 53.0 Å². The molecule has 2 rings (SSSR count). The van der Waals surface area contributed by atoms with Crippen LogP contribution in [0.2, 0.25) is 0 Å². The topological polar surface area (TPSA) is 92.3 Å². The lowest BCUT2D eigenvalue weighted by Gasteiger charge is -2.23. The second-order valence-corrected chi connectivity index (χ2v) is 9.72. The van der Waals surface area contributed by atoms with E-state index in [0.717, 1.165) is 12.1 Å². The van der Waals surface area contributed by atoms with Gasteiger partial charge < -0.3 is 10.6 Å². The predicted molar refractivity (Wildman–Crippen MR) is 83.2 cm³/mol. The van der Waals surface area contributed by atoms with E-state index in [1.807, 2.05) is 0 Å². The maximum Gasteiger partial charge on any atom is 0.501 e. The van der Waals surface area contributed by atoms with E-state index in [4.69, 9.17) is 0 Å². The number of halogens is 3. The molecule has 1 aromatic rings. The highest BCUT2D eigenvalue weighted by molar-refractivity contribution is 7.92. The minimum absolute atomic E-state index is 0.0850. The largest absolute Gasteiger partial charge is 0.501 e. The van der Waals surface area contributed by atoms with Crippen molar-refractivity contribution in [3.05, 3.63) is 24.3 Å². The molecule has 0 radical (unpaired) electrons. The third-order valence-corrected chi connectivity index (χ3v) is 7.40. The van der Waals surface area contributed by atoms with Gasteiger partial charge in [-0.1, -0.05) is 0 Å². The third-order valence-electron chi connectivity index (χ3n) is 3.71. The Labute approximate surface area is 138 Å². The van der Waals surface area contributed by atoms with Gasteiger partial charge in [0.15, 0.2) is 9.84 Å². The van der Waals surface area contributed by atoms with Crippen LogP contribution in [-0.2, 0) is 19.7 Å². The van der Waals surface area contributed by atoms with Crippen molar-refractivity contribution in [3.63, 3.8) is 0 Å². The number of sulfone groups is 2. The molecular weight excluding hydrogens is 369 g/mol. The summed E-state index contributed by atoms with van der Waals surface area (Å²) in [5.74, 6) is 0.0850. The molecule has 0 bridgehead atoms. The van der Waals surface area contributed by atoms with Gasteiger partial charge in [0.2, 0.25) is 0 Å². The smallest absolute Gasteiger partial charge is 0.385 e. The maximum absolute atomic E-state index is 12.4. The molecule has 1 heterocycles. The molecule has 1 saturated heterocycles. The van der Waals surface area contributed by atoms with Crippen molar-refractivity contribution in [3.8, 4) is 0 Å². The minimum Gasteiger partial charge on any atom is -0.385 e. The summed E-state index contributed by atoms with van der Waals surface area (Å²) >= 11 is 0. The standard InChI is InChI=1S/C13H17F3N2O4S2/c14-13(15,16)24(21,22)11-3-1-10(2-4-11)18-6-5-12-9-17-7-8-23(12,19)20/h1-4,12,17-18H,5-9H2. The van der Waals surface area contributed by atoms with E-state index in [1.165, 1.54) is 12.1 Å². The highest BCUT2D eigenvalue weighted by atomic mass is 32.2. The fraction of sp³-hybridized carbons (Fsp3) is 0.538. The third kappa shape index (κ3) is 4.19. The van der Waals surface area contributed by atoms with E-state index < -0.39 is 35.3 Å². The van der Waals surface area contributed by atoms with Gasteiger partial charge in [-0.3, -0.25) is 0 Å². The van der Waals surface area contributed by atoms with Gasteiger partial charge in [-0.05, 0) is 30.7 Å². The average molecular weight is 386 g/mol. The molecule has 1 fully saturated rings. The first-order valence-electron chi connectivity index (χ1n) is 7.11. The first-order chi connectivity index (χ1) is 11.0. The Morgan fingerprint density at radius 1 is 1.21 bits per heavy atom. The van der Waals surface area contributed by atoms with Crippen molar-refractivity contribution in [1.82, 2.24) is 5.32 Å². The van der Waals surface area contributed by atoms with Crippen LogP contribution in [0.4, 0.5) is 18.9 Å². The van der Waals surface area contributed by atoms with Crippen molar-refractivity contribution in [2.24, 2.45) is 0 Å². The summed E-state index contributed by atoms with van der Waals surface area (Å²) in [6.07, 6.45) is 0.345. The second-order valence-electron chi connectivity index (χ2n) is 5.38. The molecule has 0 spiro atoms. The molecule has 136 valence electrons. The summed E-state index contributed by atoms with van der Waals surface area (Å²) in [6, 6.07) is 4.16. The summed E-state index contributed by atoms with van der Waals surface area (Å²) in [5, 5.41) is 5.37. The maximum atomic E-state index is 12.4. The zero-order valence-corrected chi connectivity index (χ0v) is 14.1. The Kier molecular flexibility index (Phi) is 5.45. The number of hydrogen-bond acceptors (Lipinski definition) is 6. The molecule has 24 heavy (non-hydrogen) atoms. The van der Waals surface area contributed by atoms with E-state index in [0.29, 0.717) is 31.7 Å². The van der Waals surface area contributed by atoms with Gasteiger partial charge in [-0.15, -0.1) is 0 Å². The van der Waals surface area contributed by atoms with E-state index in [9.17, 15) is 30.0 Å². The summed E-state index contributed by atoms with van der Waals surface area (Å²) < 4.78 is 83.4. The van der Waals surface area contributed by atoms with Crippen LogP contribution in [0.3, 0.4) is 0 Å². The van der Waals surface area contributed by atoms with Crippen LogP contribution in [0.15, 0.2) is 29.2 Å². The quantitative estimate of drug-likeness (QED) is 0.789. The fourth-order valence-electron chi connectivity index (χ4n) is 2.32. The molecule has 6 nitrogen and oxygen atoms in total. The molecule has 11 heteroatoms. The Bertz CT molecular complexity index is 774. The van der Waals surface area contributed by atoms with E-state index in [1.54, 1.807) is 0 Å². The van der Waals surface area contributed by atoms with Crippen LogP contribution in [0.1, 0.15) is 6.42 Å². The van der Waals surface area contributed by atoms with E-state index in [2.05, 4.69) is 10.6 Å². The molecule has 1 aliphatic rings. The zero-order chi connectivity index (χ0) is 18.0. The Morgan fingerprint density at radius 2 is 1.83 bits per heavy atom. The second kappa shape index (κ2) is 6.89. The lowest BCUT2D eigenvalue weighted by molar-refractivity contribution is -0.0436. The van der Waals surface area contributed by atoms with Crippen molar-refractivity contribution in [1.29, 1.82) is 0 Å². The van der Waals surface area contributed by atoms with E-state index >= 15 is 0 Å². The molecule has 1 atom stereocenters. The predicted octanol–water partition coefficient (Wildman–Crippen LogP) is 1.17. The molecule has 1 aliphatic heterocycles. The van der Waals surface area contributed by atoms with Crippen LogP contribution in [0, 0.1) is 0 Å². The van der Waals surface area contributed by atoms with Crippen LogP contribution in [0.5, 0.6) is 0 Å². The average Bonchev–Trinajstić information content (AvgIpc) is 2.48. The van der Waals surface area contributed by atoms with Gasteiger partial charge in [0, 0.05) is 25.3 Å². The summed E-state index contributed by atoms with van der Waals surface area (Å²) in [5.41, 5.74) is -4.93. The fourth-order valence-corrected chi connectivity index (χ4v) is 4.69. The Morgan fingerprint density at radius 3 is 2.38 bits per heavy atom. The van der Waals surface area contributed by atoms with Crippen LogP contribution < -0.4 is 10.6 Å². The summed E-state index contributed by atoms with van der Waals surface area (Å²) in [7, 11) is -8.49. The van der Waals surface area contributed by atoms with Gasteiger partial charge in [0.05, 0.1) is 15.9 Å². The number of rotatable bonds is 5. The van der Waals surface area contributed by atoms with Gasteiger partial charge in [-0.2, -0.15) is 13.2 Å². The minimum atomic E-state index is -5.36. The number of anilines is 1. The Hall–Kier alpha value is -1.33. The molecule has 2 N–H and O–H groups in total. The van der Waals surface area contributed by atoms with Crippen LogP contribution in [0.25, 0.3) is 0 Å². The highest BCUT2D eigenvalue weighted by Crippen LogP contribution is 2.30. The Balaban J connectivity index is 1.96. The SMILES string of the molecule is O=S1(=O)CCNCC1CCNc1ccc(S(=O)(=O)C(F)(F)F)cc1. The van der Waals surface area contributed by atoms with Crippen molar-refractivity contribution >= 4 is 25.4 Å². The summed E-state index contributed by atoms with van der Waals surface area (Å²) in [4.78, 5) is -0.834. The highest BCUT2D eigenvalue weighted by Gasteiger charge is 2.46. The summed E-state index contributed by atoms with van der Waals surface area (Å²) in [6.45, 7) is 1.10. The molecule has 1 aromatic carbocycles. The van der Waals surface area contributed by atoms with Crippen LogP contribution >= 0.6 is 0 Å². The lowest BCUT2D eigenvalue weighted by Crippen LogP contribution is -2.44. The monoisotopic (exact) mass is 386 g/mol. The van der Waals surface area contributed by atoms with Gasteiger partial charge in [0.1, 0.15) is 0 Å². The van der Waals surface area contributed by atoms with Gasteiger partial charge in [0.25, 0.3) is 9.84 Å². The molecule has 0 saturated carbocycles. The first kappa shape index (κ1) is 19.0. The molecule has 0 aliphatic carbocycles. The molecule has 0 amide bonds. The van der Waals surface area contributed by atoms with E-state index in [-0.39, 0.29) is 5.75 Å². The van der Waals surface area contributed by atoms with Gasteiger partial charge >= 0.3 is 5.51 Å².